The molecule has 5 heteroatoms. The number of ketones is 1. The lowest BCUT2D eigenvalue weighted by Crippen LogP contribution is -2.51. The number of rotatable bonds is 4. The Kier molecular flexibility index (Phi) is 3.45. The summed E-state index contributed by atoms with van der Waals surface area (Å²) >= 11 is 5.91. The van der Waals surface area contributed by atoms with E-state index in [1.54, 1.807) is 24.3 Å². The van der Waals surface area contributed by atoms with Crippen molar-refractivity contribution in [1.82, 2.24) is 4.90 Å². The molecule has 4 nitrogen and oxygen atoms in total. The summed E-state index contributed by atoms with van der Waals surface area (Å²) in [7, 11) is 0. The molecule has 1 aliphatic rings. The van der Waals surface area contributed by atoms with Crippen LogP contribution in [-0.4, -0.2) is 41.4 Å². The Morgan fingerprint density at radius 3 is 2.59 bits per heavy atom. The Hall–Kier alpha value is -1.39. The summed E-state index contributed by atoms with van der Waals surface area (Å²) in [6.07, 6.45) is 0. The molecular formula is C12H12ClNO3. The van der Waals surface area contributed by atoms with Crippen LogP contribution >= 0.6 is 11.6 Å². The summed E-state index contributed by atoms with van der Waals surface area (Å²) in [6.45, 7) is 1.10. The Balaban J connectivity index is 1.92. The molecule has 0 saturated carbocycles. The number of carboxylic acid groups (broad SMARTS) is 1. The largest absolute Gasteiger partial charge is 0.481 e. The fourth-order valence-corrected chi connectivity index (χ4v) is 2.07. The molecule has 17 heavy (non-hydrogen) atoms. The Labute approximate surface area is 104 Å². The number of likely N-dealkylation sites (tertiary alicyclic amines) is 1. The summed E-state index contributed by atoms with van der Waals surface area (Å²) in [5.41, 5.74) is 0.493. The van der Waals surface area contributed by atoms with Crippen LogP contribution in [0.4, 0.5) is 0 Å². The molecule has 90 valence electrons. The number of halogens is 1. The predicted molar refractivity (Wildman–Crippen MR) is 63.3 cm³/mol. The van der Waals surface area contributed by atoms with Crippen LogP contribution in [0.5, 0.6) is 0 Å². The van der Waals surface area contributed by atoms with Gasteiger partial charge in [0.2, 0.25) is 0 Å². The van der Waals surface area contributed by atoms with Gasteiger partial charge in [-0.15, -0.1) is 0 Å². The number of carboxylic acids is 1. The van der Waals surface area contributed by atoms with E-state index in [4.69, 9.17) is 16.7 Å². The fraction of sp³-hybridized carbons (Fsp3) is 0.333. The smallest absolute Gasteiger partial charge is 0.309 e. The molecule has 1 saturated heterocycles. The molecule has 2 rings (SSSR count). The first-order chi connectivity index (χ1) is 8.08. The van der Waals surface area contributed by atoms with Gasteiger partial charge in [0.25, 0.3) is 0 Å². The molecule has 1 aromatic carbocycles. The minimum Gasteiger partial charge on any atom is -0.481 e. The number of hydrogen-bond donors (Lipinski definition) is 1. The maximum absolute atomic E-state index is 11.9. The average molecular weight is 254 g/mol. The van der Waals surface area contributed by atoms with Gasteiger partial charge in [-0.2, -0.15) is 0 Å². The molecule has 1 N–H and O–H groups in total. The van der Waals surface area contributed by atoms with Crippen molar-refractivity contribution in [2.24, 2.45) is 5.92 Å². The fourth-order valence-electron chi connectivity index (χ4n) is 1.83. The molecular weight excluding hydrogens is 242 g/mol. The molecule has 1 fully saturated rings. The molecule has 0 aromatic heterocycles. The molecule has 1 heterocycles. The second kappa shape index (κ2) is 4.85. The van der Waals surface area contributed by atoms with E-state index in [2.05, 4.69) is 0 Å². The Morgan fingerprint density at radius 2 is 2.00 bits per heavy atom. The lowest BCUT2D eigenvalue weighted by Gasteiger charge is -2.35. The number of hydrogen-bond acceptors (Lipinski definition) is 3. The lowest BCUT2D eigenvalue weighted by atomic mass is 9.99. The van der Waals surface area contributed by atoms with Gasteiger partial charge in [-0.05, 0) is 12.1 Å². The van der Waals surface area contributed by atoms with Crippen LogP contribution in [0.2, 0.25) is 5.02 Å². The van der Waals surface area contributed by atoms with E-state index in [-0.39, 0.29) is 18.2 Å². The topological polar surface area (TPSA) is 57.6 Å². The van der Waals surface area contributed by atoms with Crippen molar-refractivity contribution in [3.63, 3.8) is 0 Å². The number of nitrogens with zero attached hydrogens (tertiary/aromatic N) is 1. The maximum atomic E-state index is 11.9. The zero-order chi connectivity index (χ0) is 12.4. The van der Waals surface area contributed by atoms with Gasteiger partial charge in [0.15, 0.2) is 5.78 Å². The zero-order valence-corrected chi connectivity index (χ0v) is 9.85. The van der Waals surface area contributed by atoms with Gasteiger partial charge < -0.3 is 5.11 Å². The highest BCUT2D eigenvalue weighted by atomic mass is 35.5. The summed E-state index contributed by atoms with van der Waals surface area (Å²) in [6, 6.07) is 6.88. The lowest BCUT2D eigenvalue weighted by molar-refractivity contribution is -0.147. The third-order valence-electron chi connectivity index (χ3n) is 2.85. The van der Waals surface area contributed by atoms with Crippen LogP contribution in [0, 0.1) is 5.92 Å². The maximum Gasteiger partial charge on any atom is 0.309 e. The number of carbonyl (C=O) groups is 2. The van der Waals surface area contributed by atoms with E-state index in [0.29, 0.717) is 23.7 Å². The van der Waals surface area contributed by atoms with Gasteiger partial charge in [0.05, 0.1) is 17.5 Å². The van der Waals surface area contributed by atoms with Crippen molar-refractivity contribution in [1.29, 1.82) is 0 Å². The zero-order valence-electron chi connectivity index (χ0n) is 9.10. The van der Waals surface area contributed by atoms with E-state index in [0.717, 1.165) is 0 Å². The van der Waals surface area contributed by atoms with Gasteiger partial charge in [-0.3, -0.25) is 14.5 Å². The minimum absolute atomic E-state index is 0.0700. The average Bonchev–Trinajstić information content (AvgIpc) is 2.22. The van der Waals surface area contributed by atoms with E-state index in [9.17, 15) is 9.59 Å². The van der Waals surface area contributed by atoms with Gasteiger partial charge in [-0.25, -0.2) is 0 Å². The normalized spacial score (nSPS) is 16.5. The van der Waals surface area contributed by atoms with E-state index in [1.165, 1.54) is 0 Å². The quantitative estimate of drug-likeness (QED) is 0.827. The number of carbonyl (C=O) groups excluding carboxylic acids is 1. The highest BCUT2D eigenvalue weighted by molar-refractivity contribution is 6.34. The van der Waals surface area contributed by atoms with Crippen LogP contribution in [-0.2, 0) is 4.79 Å². The second-order valence-electron chi connectivity index (χ2n) is 4.13. The summed E-state index contributed by atoms with van der Waals surface area (Å²) in [5.74, 6) is -1.21. The van der Waals surface area contributed by atoms with Crippen LogP contribution in [0.3, 0.4) is 0 Å². The van der Waals surface area contributed by atoms with E-state index >= 15 is 0 Å². The van der Waals surface area contributed by atoms with Crippen molar-refractivity contribution in [3.05, 3.63) is 34.9 Å². The minimum atomic E-state index is -0.800. The molecule has 0 radical (unpaired) electrons. The van der Waals surface area contributed by atoms with Crippen molar-refractivity contribution >= 4 is 23.4 Å². The molecule has 1 aromatic rings. The first-order valence-electron chi connectivity index (χ1n) is 5.31. The summed E-state index contributed by atoms with van der Waals surface area (Å²) < 4.78 is 0. The molecule has 0 atom stereocenters. The number of benzene rings is 1. The number of aliphatic carboxylic acids is 1. The summed E-state index contributed by atoms with van der Waals surface area (Å²) in [4.78, 5) is 24.3. The molecule has 0 unspecified atom stereocenters. The van der Waals surface area contributed by atoms with Crippen LogP contribution in [0.15, 0.2) is 24.3 Å². The predicted octanol–water partition coefficient (Wildman–Crippen LogP) is 1.54. The van der Waals surface area contributed by atoms with Gasteiger partial charge >= 0.3 is 5.97 Å². The monoisotopic (exact) mass is 253 g/mol. The standard InChI is InChI=1S/C12H12ClNO3/c13-10-4-2-1-3-9(10)11(15)7-14-5-8(6-14)12(16)17/h1-4,8H,5-7H2,(H,16,17). The molecule has 0 aliphatic carbocycles. The highest BCUT2D eigenvalue weighted by Crippen LogP contribution is 2.19. The number of Topliss-reactive ketones (excluding diaryl/α,β-unsaturated/α-hetero) is 1. The van der Waals surface area contributed by atoms with Crippen molar-refractivity contribution in [2.45, 2.75) is 0 Å². The van der Waals surface area contributed by atoms with E-state index < -0.39 is 5.97 Å². The third-order valence-corrected chi connectivity index (χ3v) is 3.18. The van der Waals surface area contributed by atoms with Gasteiger partial charge in [0, 0.05) is 18.7 Å². The van der Waals surface area contributed by atoms with Gasteiger partial charge in [-0.1, -0.05) is 23.7 Å². The Morgan fingerprint density at radius 1 is 1.35 bits per heavy atom. The van der Waals surface area contributed by atoms with Crippen molar-refractivity contribution < 1.29 is 14.7 Å². The summed E-state index contributed by atoms with van der Waals surface area (Å²) in [5, 5.41) is 9.15. The van der Waals surface area contributed by atoms with Crippen LogP contribution in [0.1, 0.15) is 10.4 Å². The van der Waals surface area contributed by atoms with Crippen LogP contribution < -0.4 is 0 Å². The first kappa shape index (κ1) is 12.1. The van der Waals surface area contributed by atoms with Crippen LogP contribution in [0.25, 0.3) is 0 Å². The third kappa shape index (κ3) is 2.65. The molecule has 1 aliphatic heterocycles. The second-order valence-corrected chi connectivity index (χ2v) is 4.54. The molecule has 0 bridgehead atoms. The molecule has 0 amide bonds. The van der Waals surface area contributed by atoms with Gasteiger partial charge in [0.1, 0.15) is 0 Å². The van der Waals surface area contributed by atoms with E-state index in [1.807, 2.05) is 4.90 Å². The van der Waals surface area contributed by atoms with Crippen molar-refractivity contribution in [2.75, 3.05) is 19.6 Å². The first-order valence-corrected chi connectivity index (χ1v) is 5.68. The highest BCUT2D eigenvalue weighted by Gasteiger charge is 2.33. The van der Waals surface area contributed by atoms with Crippen molar-refractivity contribution in [3.8, 4) is 0 Å². The SMILES string of the molecule is O=C(CN1CC(C(=O)O)C1)c1ccccc1Cl. The molecule has 0 spiro atoms. The Bertz CT molecular complexity index is 455.